The van der Waals surface area contributed by atoms with Crippen molar-refractivity contribution in [2.24, 2.45) is 0 Å². The Kier molecular flexibility index (Phi) is 4.83. The third kappa shape index (κ3) is 3.03. The van der Waals surface area contributed by atoms with Gasteiger partial charge in [-0.1, -0.05) is 18.2 Å². The van der Waals surface area contributed by atoms with Gasteiger partial charge in [0.05, 0.1) is 31.8 Å². The van der Waals surface area contributed by atoms with Crippen LogP contribution in [0.2, 0.25) is 0 Å². The molecule has 0 amide bonds. The van der Waals surface area contributed by atoms with Gasteiger partial charge in [-0.05, 0) is 24.6 Å². The number of aliphatic hydroxyl groups excluding tert-OH is 1. The van der Waals surface area contributed by atoms with E-state index in [-0.39, 0.29) is 11.5 Å². The average molecular weight is 386 g/mol. The van der Waals surface area contributed by atoms with E-state index in [0.717, 1.165) is 70.4 Å². The molecule has 1 N–H and O–H groups in total. The molecule has 3 heterocycles. The lowest BCUT2D eigenvalue weighted by Crippen LogP contribution is -2.44. The highest BCUT2D eigenvalue weighted by Crippen LogP contribution is 2.55. The second-order valence-corrected chi connectivity index (χ2v) is 8.42. The number of aliphatic hydroxyl groups is 1. The lowest BCUT2D eigenvalue weighted by Gasteiger charge is -2.36. The van der Waals surface area contributed by atoms with Crippen LogP contribution in [0.15, 0.2) is 24.3 Å². The summed E-state index contributed by atoms with van der Waals surface area (Å²) in [6.45, 7) is 7.88. The first-order valence-corrected chi connectivity index (χ1v) is 10.5. The van der Waals surface area contributed by atoms with Crippen molar-refractivity contribution in [3.63, 3.8) is 0 Å². The zero-order valence-corrected chi connectivity index (χ0v) is 16.6. The predicted octanol–water partition coefficient (Wildman–Crippen LogP) is 1.55. The molecule has 2 unspecified atom stereocenters. The van der Waals surface area contributed by atoms with E-state index in [1.807, 2.05) is 12.1 Å². The molecule has 0 aromatic heterocycles. The number of hydrogen-bond acceptors (Lipinski definition) is 6. The number of ether oxygens (including phenoxy) is 3. The summed E-state index contributed by atoms with van der Waals surface area (Å²) in [6.07, 6.45) is 5.38. The maximum Gasteiger partial charge on any atom is 0.166 e. The first-order valence-electron chi connectivity index (χ1n) is 10.5. The first-order chi connectivity index (χ1) is 13.7. The lowest BCUT2D eigenvalue weighted by atomic mass is 9.69. The summed E-state index contributed by atoms with van der Waals surface area (Å²) >= 11 is 0. The molecule has 1 spiro atoms. The molecule has 1 aromatic carbocycles. The van der Waals surface area contributed by atoms with E-state index in [0.29, 0.717) is 6.42 Å². The zero-order chi connectivity index (χ0) is 19.1. The highest BCUT2D eigenvalue weighted by atomic mass is 16.5. The van der Waals surface area contributed by atoms with E-state index in [4.69, 9.17) is 14.2 Å². The van der Waals surface area contributed by atoms with Crippen LogP contribution in [-0.4, -0.2) is 80.2 Å². The fraction of sp³-hybridized carbons (Fsp3) is 0.636. The second kappa shape index (κ2) is 7.34. The van der Waals surface area contributed by atoms with E-state index in [1.54, 1.807) is 7.11 Å². The Labute approximate surface area is 166 Å². The summed E-state index contributed by atoms with van der Waals surface area (Å²) in [5.41, 5.74) is 2.47. The van der Waals surface area contributed by atoms with Gasteiger partial charge in [0.25, 0.3) is 0 Å². The van der Waals surface area contributed by atoms with Crippen LogP contribution < -0.4 is 9.47 Å². The number of hydrogen-bond donors (Lipinski definition) is 1. The van der Waals surface area contributed by atoms with Crippen LogP contribution in [0.4, 0.5) is 0 Å². The fourth-order valence-electron chi connectivity index (χ4n) is 5.29. The van der Waals surface area contributed by atoms with Crippen LogP contribution in [0.5, 0.6) is 11.5 Å². The molecule has 6 nitrogen and oxygen atoms in total. The molecule has 5 rings (SSSR count). The monoisotopic (exact) mass is 386 g/mol. The quantitative estimate of drug-likeness (QED) is 0.793. The first kappa shape index (κ1) is 18.4. The third-order valence-electron chi connectivity index (χ3n) is 6.87. The van der Waals surface area contributed by atoms with Crippen LogP contribution in [0, 0.1) is 0 Å². The average Bonchev–Trinajstić information content (AvgIpc) is 2.96. The number of methoxy groups -OCH3 is 1. The van der Waals surface area contributed by atoms with Gasteiger partial charge in [0, 0.05) is 44.7 Å². The molecular weight excluding hydrogens is 356 g/mol. The Hall–Kier alpha value is -1.60. The van der Waals surface area contributed by atoms with Crippen molar-refractivity contribution in [2.45, 2.75) is 37.0 Å². The van der Waals surface area contributed by atoms with Crippen molar-refractivity contribution in [1.82, 2.24) is 9.80 Å². The van der Waals surface area contributed by atoms with E-state index in [2.05, 4.69) is 21.9 Å². The zero-order valence-electron chi connectivity index (χ0n) is 16.6. The van der Waals surface area contributed by atoms with Gasteiger partial charge in [-0.2, -0.15) is 0 Å². The van der Waals surface area contributed by atoms with Gasteiger partial charge in [-0.15, -0.1) is 0 Å². The minimum atomic E-state index is -0.431. The standard InChI is InChI=1S/C22H30N2O4/c1-26-18-3-2-16-15-24(9-8-23-10-12-27-13-11-23)7-6-22-5-4-17(25)14-19(22)28-21(18)20(16)22/h2-5,17,19,25H,6-15H2,1H3/t17-,19?,22?/m0/s1. The van der Waals surface area contributed by atoms with E-state index >= 15 is 0 Å². The van der Waals surface area contributed by atoms with Crippen LogP contribution in [0.25, 0.3) is 0 Å². The van der Waals surface area contributed by atoms with Crippen molar-refractivity contribution >= 4 is 0 Å². The van der Waals surface area contributed by atoms with Crippen molar-refractivity contribution < 1.29 is 19.3 Å². The van der Waals surface area contributed by atoms with Gasteiger partial charge in [0.2, 0.25) is 0 Å². The molecule has 1 aliphatic carbocycles. The minimum Gasteiger partial charge on any atom is -0.493 e. The summed E-state index contributed by atoms with van der Waals surface area (Å²) in [4.78, 5) is 5.07. The largest absolute Gasteiger partial charge is 0.493 e. The van der Waals surface area contributed by atoms with E-state index in [9.17, 15) is 5.11 Å². The van der Waals surface area contributed by atoms with Gasteiger partial charge >= 0.3 is 0 Å². The van der Waals surface area contributed by atoms with Crippen LogP contribution in [0.3, 0.4) is 0 Å². The van der Waals surface area contributed by atoms with Crippen LogP contribution in [0.1, 0.15) is 24.0 Å². The molecular formula is C22H30N2O4. The molecule has 152 valence electrons. The van der Waals surface area contributed by atoms with Crippen molar-refractivity contribution in [3.05, 3.63) is 35.4 Å². The maximum atomic E-state index is 10.2. The van der Waals surface area contributed by atoms with Crippen LogP contribution in [-0.2, 0) is 16.7 Å². The summed E-state index contributed by atoms with van der Waals surface area (Å²) in [7, 11) is 1.70. The van der Waals surface area contributed by atoms with E-state index < -0.39 is 6.10 Å². The summed E-state index contributed by atoms with van der Waals surface area (Å²) in [5, 5.41) is 10.2. The molecule has 4 aliphatic rings. The Morgan fingerprint density at radius 1 is 1.18 bits per heavy atom. The minimum absolute atomic E-state index is 0.0169. The second-order valence-electron chi connectivity index (χ2n) is 8.42. The molecule has 3 aliphatic heterocycles. The lowest BCUT2D eigenvalue weighted by molar-refractivity contribution is 0.0322. The summed E-state index contributed by atoms with van der Waals surface area (Å²) in [6, 6.07) is 4.24. The van der Waals surface area contributed by atoms with E-state index in [1.165, 1.54) is 11.1 Å². The van der Waals surface area contributed by atoms with Gasteiger partial charge in [-0.3, -0.25) is 9.80 Å². The van der Waals surface area contributed by atoms with Gasteiger partial charge < -0.3 is 19.3 Å². The molecule has 0 radical (unpaired) electrons. The molecule has 0 bridgehead atoms. The number of nitrogens with zero attached hydrogens (tertiary/aromatic N) is 2. The highest BCUT2D eigenvalue weighted by Gasteiger charge is 2.52. The van der Waals surface area contributed by atoms with Crippen molar-refractivity contribution in [3.8, 4) is 11.5 Å². The van der Waals surface area contributed by atoms with Crippen LogP contribution >= 0.6 is 0 Å². The number of rotatable bonds is 4. The number of benzene rings is 1. The Morgan fingerprint density at radius 2 is 2.00 bits per heavy atom. The molecule has 3 atom stereocenters. The Morgan fingerprint density at radius 3 is 2.82 bits per heavy atom. The predicted molar refractivity (Wildman–Crippen MR) is 106 cm³/mol. The van der Waals surface area contributed by atoms with Crippen molar-refractivity contribution in [2.75, 3.05) is 53.0 Å². The summed E-state index contributed by atoms with van der Waals surface area (Å²) < 4.78 is 17.5. The highest BCUT2D eigenvalue weighted by molar-refractivity contribution is 5.61. The fourth-order valence-corrected chi connectivity index (χ4v) is 5.29. The Bertz CT molecular complexity index is 761. The molecule has 1 fully saturated rings. The smallest absolute Gasteiger partial charge is 0.166 e. The maximum absolute atomic E-state index is 10.2. The molecule has 1 aromatic rings. The number of morpholine rings is 1. The molecule has 6 heteroatoms. The van der Waals surface area contributed by atoms with Gasteiger partial charge in [-0.25, -0.2) is 0 Å². The normalized spacial score (nSPS) is 32.4. The molecule has 0 saturated carbocycles. The van der Waals surface area contributed by atoms with Crippen molar-refractivity contribution in [1.29, 1.82) is 0 Å². The SMILES string of the molecule is COc1ccc2c3c1OC1C[C@@H](O)C=CC31CCN(CCN1CCOCC1)C2. The third-order valence-corrected chi connectivity index (χ3v) is 6.87. The van der Waals surface area contributed by atoms with Gasteiger partial charge in [0.15, 0.2) is 11.5 Å². The van der Waals surface area contributed by atoms with Gasteiger partial charge in [0.1, 0.15) is 6.10 Å². The molecule has 1 saturated heterocycles. The summed E-state index contributed by atoms with van der Waals surface area (Å²) in [5.74, 6) is 1.69. The topological polar surface area (TPSA) is 54.4 Å². The Balaban J connectivity index is 1.43. The molecule has 28 heavy (non-hydrogen) atoms.